The van der Waals surface area contributed by atoms with Gasteiger partial charge in [0, 0.05) is 31.8 Å². The summed E-state index contributed by atoms with van der Waals surface area (Å²) in [6.07, 6.45) is 5.16. The highest BCUT2D eigenvalue weighted by molar-refractivity contribution is 7.18. The number of ether oxygens (including phenoxy) is 2. The molecule has 4 N–H and O–H groups in total. The fourth-order valence-electron chi connectivity index (χ4n) is 3.60. The van der Waals surface area contributed by atoms with Crippen molar-refractivity contribution in [3.8, 4) is 0 Å². The van der Waals surface area contributed by atoms with Crippen LogP contribution in [0.4, 0.5) is 10.3 Å². The molecule has 2 heterocycles. The molecule has 1 aromatic heterocycles. The molecular weight excluding hydrogens is 354 g/mol. The van der Waals surface area contributed by atoms with Crippen LogP contribution >= 0.6 is 11.3 Å². The van der Waals surface area contributed by atoms with Crippen LogP contribution in [0, 0.1) is 5.92 Å². The van der Waals surface area contributed by atoms with Gasteiger partial charge in [0.2, 0.25) is 16.2 Å². The van der Waals surface area contributed by atoms with Crippen LogP contribution in [0.2, 0.25) is 0 Å². The van der Waals surface area contributed by atoms with Gasteiger partial charge < -0.3 is 25.8 Å². The monoisotopic (exact) mass is 383 g/mol. The van der Waals surface area contributed by atoms with Crippen LogP contribution in [0.15, 0.2) is 0 Å². The zero-order valence-corrected chi connectivity index (χ0v) is 16.1. The summed E-state index contributed by atoms with van der Waals surface area (Å²) < 4.78 is 11.4. The van der Waals surface area contributed by atoms with Gasteiger partial charge in [-0.1, -0.05) is 18.3 Å². The molecule has 2 fully saturated rings. The summed E-state index contributed by atoms with van der Waals surface area (Å²) in [5.74, 6) is 0.151. The van der Waals surface area contributed by atoms with E-state index in [1.165, 1.54) is 11.3 Å². The third-order valence-corrected chi connectivity index (χ3v) is 5.70. The van der Waals surface area contributed by atoms with E-state index >= 15 is 0 Å². The van der Waals surface area contributed by atoms with Crippen molar-refractivity contribution in [3.05, 3.63) is 0 Å². The molecule has 0 bridgehead atoms. The van der Waals surface area contributed by atoms with E-state index in [9.17, 15) is 4.79 Å². The number of aromatic nitrogens is 2. The Morgan fingerprint density at radius 2 is 2.12 bits per heavy atom. The largest absolute Gasteiger partial charge is 0.381 e. The van der Waals surface area contributed by atoms with E-state index in [0.29, 0.717) is 16.9 Å². The number of amides is 1. The van der Waals surface area contributed by atoms with Gasteiger partial charge in [-0.3, -0.25) is 4.79 Å². The van der Waals surface area contributed by atoms with Crippen LogP contribution in [0.1, 0.15) is 45.4 Å². The molecule has 0 unspecified atom stereocenters. The Morgan fingerprint density at radius 1 is 1.31 bits per heavy atom. The van der Waals surface area contributed by atoms with Crippen LogP contribution in [-0.2, 0) is 14.3 Å². The lowest BCUT2D eigenvalue weighted by Crippen LogP contribution is -2.48. The first-order chi connectivity index (χ1) is 12.7. The summed E-state index contributed by atoms with van der Waals surface area (Å²) in [5.41, 5.74) is 5.66. The zero-order valence-electron chi connectivity index (χ0n) is 15.3. The van der Waals surface area contributed by atoms with Crippen LogP contribution in [-0.4, -0.2) is 54.1 Å². The van der Waals surface area contributed by atoms with Gasteiger partial charge in [0.05, 0.1) is 12.1 Å². The number of nitrogens with one attached hydrogen (secondary N) is 2. The van der Waals surface area contributed by atoms with E-state index in [4.69, 9.17) is 15.2 Å². The van der Waals surface area contributed by atoms with E-state index in [1.54, 1.807) is 0 Å². The van der Waals surface area contributed by atoms with Crippen molar-refractivity contribution >= 4 is 27.5 Å². The van der Waals surface area contributed by atoms with Crippen molar-refractivity contribution in [3.63, 3.8) is 0 Å². The fraction of sp³-hybridized carbons (Fsp3) is 0.824. The summed E-state index contributed by atoms with van der Waals surface area (Å²) in [4.78, 5) is 12.7. The predicted octanol–water partition coefficient (Wildman–Crippen LogP) is 1.79. The minimum Gasteiger partial charge on any atom is -0.381 e. The highest BCUT2D eigenvalue weighted by Crippen LogP contribution is 2.30. The molecule has 0 spiro atoms. The van der Waals surface area contributed by atoms with Crippen molar-refractivity contribution in [1.29, 1.82) is 0 Å². The highest BCUT2D eigenvalue weighted by atomic mass is 32.1. The van der Waals surface area contributed by atoms with E-state index in [0.717, 1.165) is 51.7 Å². The Balaban J connectivity index is 1.56. The van der Waals surface area contributed by atoms with Gasteiger partial charge in [-0.05, 0) is 38.5 Å². The van der Waals surface area contributed by atoms with Gasteiger partial charge >= 0.3 is 0 Å². The van der Waals surface area contributed by atoms with E-state index in [1.807, 2.05) is 0 Å². The lowest BCUT2D eigenvalue weighted by atomic mass is 9.83. The van der Waals surface area contributed by atoms with Crippen molar-refractivity contribution in [2.75, 3.05) is 30.9 Å². The van der Waals surface area contributed by atoms with Crippen LogP contribution in [0.25, 0.3) is 0 Å². The third kappa shape index (κ3) is 5.28. The Morgan fingerprint density at radius 3 is 2.81 bits per heavy atom. The minimum atomic E-state index is -0.0146. The smallest absolute Gasteiger partial charge is 0.223 e. The van der Waals surface area contributed by atoms with Gasteiger partial charge in [-0.25, -0.2) is 0 Å². The molecule has 1 aliphatic carbocycles. The lowest BCUT2D eigenvalue weighted by Gasteiger charge is -2.36. The Bertz CT molecular complexity index is 578. The maximum absolute atomic E-state index is 12.7. The molecule has 1 aromatic rings. The molecule has 1 amide bonds. The number of rotatable bonds is 7. The first-order valence-corrected chi connectivity index (χ1v) is 10.3. The summed E-state index contributed by atoms with van der Waals surface area (Å²) in [7, 11) is 0. The number of nitrogen functional groups attached to an aromatic ring is 1. The zero-order chi connectivity index (χ0) is 18.4. The molecule has 8 nitrogen and oxygen atoms in total. The number of carbonyl (C=O) groups is 1. The van der Waals surface area contributed by atoms with Crippen molar-refractivity contribution in [1.82, 2.24) is 15.5 Å². The number of hydrogen-bond donors (Lipinski definition) is 3. The Kier molecular flexibility index (Phi) is 7.04. The molecule has 3 atom stereocenters. The molecule has 1 saturated heterocycles. The van der Waals surface area contributed by atoms with Gasteiger partial charge in [-0.2, -0.15) is 0 Å². The number of hydrogen-bond acceptors (Lipinski definition) is 8. The van der Waals surface area contributed by atoms with E-state index < -0.39 is 0 Å². The first-order valence-electron chi connectivity index (χ1n) is 9.51. The summed E-state index contributed by atoms with van der Waals surface area (Å²) >= 11 is 1.34. The topological polar surface area (TPSA) is 111 Å². The predicted molar refractivity (Wildman–Crippen MR) is 101 cm³/mol. The summed E-state index contributed by atoms with van der Waals surface area (Å²) in [5, 5.41) is 15.6. The second-order valence-corrected chi connectivity index (χ2v) is 8.02. The third-order valence-electron chi connectivity index (χ3n) is 5.02. The molecule has 2 aliphatic rings. The number of anilines is 2. The average Bonchev–Trinajstić information content (AvgIpc) is 3.06. The molecule has 0 aromatic carbocycles. The van der Waals surface area contributed by atoms with Crippen LogP contribution in [0.3, 0.4) is 0 Å². The van der Waals surface area contributed by atoms with Crippen LogP contribution < -0.4 is 16.4 Å². The molecule has 0 radical (unpaired) electrons. The number of carbonyl (C=O) groups excluding carboxylic acids is 1. The van der Waals surface area contributed by atoms with Crippen molar-refractivity contribution < 1.29 is 14.3 Å². The standard InChI is InChI=1S/C17H29N5O3S/c1-2-7-25-14-10-11(15(23)19-12-5-8-24-9-6-12)3-4-13(14)20-17-22-21-16(18)26-17/h11-14H,2-10H2,1H3,(H2,18,21)(H,19,23)(H,20,22)/t11-,13-,14-/m0/s1. The number of nitrogens with two attached hydrogens (primary N) is 1. The molecule has 9 heteroatoms. The lowest BCUT2D eigenvalue weighted by molar-refractivity contribution is -0.129. The normalized spacial score (nSPS) is 27.2. The molecule has 1 saturated carbocycles. The second-order valence-electron chi connectivity index (χ2n) is 7.01. The summed E-state index contributed by atoms with van der Waals surface area (Å²) in [6, 6.07) is 0.368. The Hall–Kier alpha value is -1.45. The molecule has 1 aliphatic heterocycles. The number of nitrogens with zero attached hydrogens (tertiary/aromatic N) is 2. The SMILES string of the molecule is CCCO[C@H]1C[C@@H](C(=O)NC2CCOCC2)CC[C@@H]1Nc1nnc(N)s1. The molecule has 3 rings (SSSR count). The fourth-order valence-corrected chi connectivity index (χ4v) is 4.17. The van der Waals surface area contributed by atoms with Gasteiger partial charge in [0.1, 0.15) is 0 Å². The highest BCUT2D eigenvalue weighted by Gasteiger charge is 2.35. The first kappa shape index (κ1) is 19.3. The molecular formula is C17H29N5O3S. The van der Waals surface area contributed by atoms with Crippen molar-refractivity contribution in [2.45, 2.75) is 63.6 Å². The second kappa shape index (κ2) is 9.48. The van der Waals surface area contributed by atoms with E-state index in [-0.39, 0.29) is 30.0 Å². The Labute approximate surface area is 158 Å². The average molecular weight is 384 g/mol. The minimum absolute atomic E-state index is 0.00256. The van der Waals surface area contributed by atoms with Gasteiger partial charge in [0.25, 0.3) is 0 Å². The maximum Gasteiger partial charge on any atom is 0.223 e. The molecule has 146 valence electrons. The quantitative estimate of drug-likeness (QED) is 0.658. The van der Waals surface area contributed by atoms with Crippen molar-refractivity contribution in [2.24, 2.45) is 5.92 Å². The van der Waals surface area contributed by atoms with E-state index in [2.05, 4.69) is 27.8 Å². The summed E-state index contributed by atoms with van der Waals surface area (Å²) in [6.45, 7) is 4.24. The van der Waals surface area contributed by atoms with Crippen LogP contribution in [0.5, 0.6) is 0 Å². The van der Waals surface area contributed by atoms with Gasteiger partial charge in [0.15, 0.2) is 0 Å². The molecule has 26 heavy (non-hydrogen) atoms. The maximum atomic E-state index is 12.7. The van der Waals surface area contributed by atoms with Gasteiger partial charge in [-0.15, -0.1) is 10.2 Å².